The van der Waals surface area contributed by atoms with Crippen molar-refractivity contribution in [1.82, 2.24) is 9.29 Å². The highest BCUT2D eigenvalue weighted by Crippen LogP contribution is 2.24. The molecule has 0 aromatic carbocycles. The molecule has 0 unspecified atom stereocenters. The zero-order valence-electron chi connectivity index (χ0n) is 10.2. The number of nitrogens with one attached hydrogen (secondary N) is 1. The van der Waals surface area contributed by atoms with Crippen LogP contribution < -0.4 is 4.72 Å². The van der Waals surface area contributed by atoms with Crippen LogP contribution in [0.4, 0.5) is 5.69 Å². The summed E-state index contributed by atoms with van der Waals surface area (Å²) in [5, 5.41) is 0.144. The van der Waals surface area contributed by atoms with Crippen LogP contribution in [0, 0.1) is 6.92 Å². The lowest BCUT2D eigenvalue weighted by atomic mass is 10.3. The number of pyridine rings is 1. The van der Waals surface area contributed by atoms with Gasteiger partial charge in [-0.15, -0.1) is 0 Å². The quantitative estimate of drug-likeness (QED) is 0.857. The molecule has 1 aromatic heterocycles. The fourth-order valence-electron chi connectivity index (χ4n) is 1.13. The maximum atomic E-state index is 12.0. The minimum Gasteiger partial charge on any atom is -0.268 e. The normalized spacial score (nSPS) is 12.2. The third-order valence-electron chi connectivity index (χ3n) is 2.45. The van der Waals surface area contributed by atoms with Crippen molar-refractivity contribution in [2.24, 2.45) is 0 Å². The molecule has 0 amide bonds. The van der Waals surface area contributed by atoms with Gasteiger partial charge in [-0.05, 0) is 32.4 Å². The Balaban J connectivity index is 3.07. The number of hydrogen-bond donors (Lipinski definition) is 1. The van der Waals surface area contributed by atoms with Crippen molar-refractivity contribution < 1.29 is 8.42 Å². The van der Waals surface area contributed by atoms with Crippen LogP contribution in [-0.4, -0.2) is 30.8 Å². The lowest BCUT2D eigenvalue weighted by Crippen LogP contribution is -2.37. The first-order valence-electron chi connectivity index (χ1n) is 5.12. The van der Waals surface area contributed by atoms with Crippen LogP contribution in [0.25, 0.3) is 0 Å². The van der Waals surface area contributed by atoms with Gasteiger partial charge < -0.3 is 0 Å². The molecule has 0 aliphatic carbocycles. The highest BCUT2D eigenvalue weighted by molar-refractivity contribution is 7.90. The molecule has 0 atom stereocenters. The van der Waals surface area contributed by atoms with Crippen LogP contribution in [-0.2, 0) is 10.2 Å². The third kappa shape index (κ3) is 3.31. The molecular formula is C10H16ClN3O2S. The van der Waals surface area contributed by atoms with Crippen molar-refractivity contribution in [3.05, 3.63) is 23.0 Å². The first kappa shape index (κ1) is 14.2. The Hall–Kier alpha value is -0.850. The molecule has 0 saturated carbocycles. The van der Waals surface area contributed by atoms with E-state index in [-0.39, 0.29) is 11.2 Å². The summed E-state index contributed by atoms with van der Waals surface area (Å²) in [5.41, 5.74) is 1.05. The second-order valence-electron chi connectivity index (χ2n) is 4.01. The molecule has 96 valence electrons. The van der Waals surface area contributed by atoms with E-state index in [2.05, 4.69) is 9.71 Å². The molecular weight excluding hydrogens is 262 g/mol. The van der Waals surface area contributed by atoms with Crippen molar-refractivity contribution >= 4 is 27.5 Å². The van der Waals surface area contributed by atoms with E-state index in [0.29, 0.717) is 5.69 Å². The van der Waals surface area contributed by atoms with E-state index in [0.717, 1.165) is 5.56 Å². The molecule has 17 heavy (non-hydrogen) atoms. The predicted molar refractivity (Wildman–Crippen MR) is 69.4 cm³/mol. The summed E-state index contributed by atoms with van der Waals surface area (Å²) < 4.78 is 27.6. The summed E-state index contributed by atoms with van der Waals surface area (Å²) in [5.74, 6) is 0. The van der Waals surface area contributed by atoms with E-state index in [4.69, 9.17) is 11.6 Å². The summed E-state index contributed by atoms with van der Waals surface area (Å²) in [7, 11) is -2.09. The van der Waals surface area contributed by atoms with Gasteiger partial charge in [-0.2, -0.15) is 12.7 Å². The van der Waals surface area contributed by atoms with E-state index in [9.17, 15) is 8.42 Å². The number of rotatable bonds is 4. The Kier molecular flexibility index (Phi) is 4.35. The SMILES string of the molecule is Cc1ccnc(Cl)c1NS(=O)(=O)N(C)C(C)C. The fraction of sp³-hybridized carbons (Fsp3) is 0.500. The lowest BCUT2D eigenvalue weighted by Gasteiger charge is -2.22. The topological polar surface area (TPSA) is 62.3 Å². The van der Waals surface area contributed by atoms with Crippen LogP contribution in [0.3, 0.4) is 0 Å². The first-order valence-corrected chi connectivity index (χ1v) is 6.94. The van der Waals surface area contributed by atoms with Gasteiger partial charge in [0.2, 0.25) is 0 Å². The Morgan fingerprint density at radius 2 is 2.06 bits per heavy atom. The van der Waals surface area contributed by atoms with Crippen LogP contribution in [0.15, 0.2) is 12.3 Å². The van der Waals surface area contributed by atoms with Crippen molar-refractivity contribution in [2.45, 2.75) is 26.8 Å². The van der Waals surface area contributed by atoms with Gasteiger partial charge in [0, 0.05) is 19.3 Å². The summed E-state index contributed by atoms with van der Waals surface area (Å²) in [6, 6.07) is 1.56. The van der Waals surface area contributed by atoms with E-state index in [1.165, 1.54) is 17.5 Å². The van der Waals surface area contributed by atoms with Crippen molar-refractivity contribution in [1.29, 1.82) is 0 Å². The van der Waals surface area contributed by atoms with Crippen LogP contribution in [0.2, 0.25) is 5.15 Å². The monoisotopic (exact) mass is 277 g/mol. The van der Waals surface area contributed by atoms with Gasteiger partial charge in [0.25, 0.3) is 0 Å². The second kappa shape index (κ2) is 5.20. The van der Waals surface area contributed by atoms with Crippen LogP contribution in [0.5, 0.6) is 0 Å². The minimum absolute atomic E-state index is 0.136. The Morgan fingerprint density at radius 1 is 1.47 bits per heavy atom. The largest absolute Gasteiger partial charge is 0.301 e. The summed E-state index contributed by atoms with van der Waals surface area (Å²) in [6.07, 6.45) is 1.53. The smallest absolute Gasteiger partial charge is 0.268 e. The molecule has 7 heteroatoms. The molecule has 0 radical (unpaired) electrons. The molecule has 0 bridgehead atoms. The first-order chi connectivity index (χ1) is 7.75. The van der Waals surface area contributed by atoms with Crippen molar-refractivity contribution in [2.75, 3.05) is 11.8 Å². The highest BCUT2D eigenvalue weighted by atomic mass is 35.5. The summed E-state index contributed by atoms with van der Waals surface area (Å²) >= 11 is 5.86. The molecule has 0 aliphatic heterocycles. The molecule has 1 rings (SSSR count). The average Bonchev–Trinajstić information content (AvgIpc) is 2.22. The Bertz CT molecular complexity index is 482. The highest BCUT2D eigenvalue weighted by Gasteiger charge is 2.22. The standard InChI is InChI=1S/C10H16ClN3O2S/c1-7(2)14(4)17(15,16)13-9-8(3)5-6-12-10(9)11/h5-7,13H,1-4H3. The third-order valence-corrected chi connectivity index (χ3v) is 4.38. The number of nitrogens with zero attached hydrogens (tertiary/aromatic N) is 2. The molecule has 1 aromatic rings. The number of hydrogen-bond acceptors (Lipinski definition) is 3. The van der Waals surface area contributed by atoms with Crippen molar-refractivity contribution in [3.63, 3.8) is 0 Å². The maximum absolute atomic E-state index is 12.0. The molecule has 0 spiro atoms. The number of aromatic nitrogens is 1. The van der Waals surface area contributed by atoms with Gasteiger partial charge in [-0.1, -0.05) is 11.6 Å². The number of aryl methyl sites for hydroxylation is 1. The fourth-order valence-corrected chi connectivity index (χ4v) is 2.65. The van der Waals surface area contributed by atoms with Crippen LogP contribution in [0.1, 0.15) is 19.4 Å². The number of anilines is 1. The van der Waals surface area contributed by atoms with E-state index < -0.39 is 10.2 Å². The summed E-state index contributed by atoms with van der Waals surface area (Å²) in [6.45, 7) is 5.34. The van der Waals surface area contributed by atoms with Crippen molar-refractivity contribution in [3.8, 4) is 0 Å². The lowest BCUT2D eigenvalue weighted by molar-refractivity contribution is 0.414. The zero-order valence-corrected chi connectivity index (χ0v) is 11.8. The number of halogens is 1. The second-order valence-corrected chi connectivity index (χ2v) is 6.10. The molecule has 1 N–H and O–H groups in total. The summed E-state index contributed by atoms with van der Waals surface area (Å²) in [4.78, 5) is 3.85. The van der Waals surface area contributed by atoms with Crippen LogP contribution >= 0.6 is 11.6 Å². The molecule has 0 aliphatic rings. The minimum atomic E-state index is -3.60. The Labute approximate surface area is 107 Å². The predicted octanol–water partition coefficient (Wildman–Crippen LogP) is 2.04. The van der Waals surface area contributed by atoms with E-state index >= 15 is 0 Å². The van der Waals surface area contributed by atoms with Gasteiger partial charge >= 0.3 is 10.2 Å². The molecule has 0 fully saturated rings. The zero-order chi connectivity index (χ0) is 13.2. The average molecular weight is 278 g/mol. The van der Waals surface area contributed by atoms with E-state index in [1.807, 2.05) is 0 Å². The molecule has 5 nitrogen and oxygen atoms in total. The van der Waals surface area contributed by atoms with Gasteiger partial charge in [-0.3, -0.25) is 4.72 Å². The van der Waals surface area contributed by atoms with E-state index in [1.54, 1.807) is 26.8 Å². The van der Waals surface area contributed by atoms with Gasteiger partial charge in [0.1, 0.15) is 0 Å². The maximum Gasteiger partial charge on any atom is 0.301 e. The molecule has 1 heterocycles. The van der Waals surface area contributed by atoms with Gasteiger partial charge in [0.15, 0.2) is 5.15 Å². The Morgan fingerprint density at radius 3 is 2.53 bits per heavy atom. The van der Waals surface area contributed by atoms with Gasteiger partial charge in [0.05, 0.1) is 5.69 Å². The van der Waals surface area contributed by atoms with Gasteiger partial charge in [-0.25, -0.2) is 4.98 Å². The molecule has 0 saturated heterocycles.